The SMILES string of the molecule is COCCN1C[C@H](COC)C2(CCN(C(=O)c3ccsc3)CC2)C1. The Kier molecular flexibility index (Phi) is 5.92. The molecule has 0 saturated carbocycles. The van der Waals surface area contributed by atoms with Gasteiger partial charge in [-0.15, -0.1) is 0 Å². The monoisotopic (exact) mass is 352 g/mol. The van der Waals surface area contributed by atoms with E-state index in [1.54, 1.807) is 25.6 Å². The fourth-order valence-electron chi connectivity index (χ4n) is 4.26. The molecule has 0 bridgehead atoms. The van der Waals surface area contributed by atoms with Crippen molar-refractivity contribution in [1.82, 2.24) is 9.80 Å². The van der Waals surface area contributed by atoms with E-state index in [0.717, 1.165) is 64.3 Å². The van der Waals surface area contributed by atoms with Gasteiger partial charge >= 0.3 is 0 Å². The molecule has 134 valence electrons. The molecule has 24 heavy (non-hydrogen) atoms. The molecule has 3 rings (SSSR count). The molecule has 1 aromatic rings. The maximum atomic E-state index is 12.6. The Hall–Kier alpha value is -0.950. The minimum atomic E-state index is 0.184. The summed E-state index contributed by atoms with van der Waals surface area (Å²) in [7, 11) is 3.55. The van der Waals surface area contributed by atoms with Crippen LogP contribution in [-0.2, 0) is 9.47 Å². The maximum absolute atomic E-state index is 12.6. The highest BCUT2D eigenvalue weighted by atomic mass is 32.1. The summed E-state index contributed by atoms with van der Waals surface area (Å²) in [6.07, 6.45) is 2.14. The van der Waals surface area contributed by atoms with E-state index in [2.05, 4.69) is 4.90 Å². The molecule has 6 heteroatoms. The van der Waals surface area contributed by atoms with Gasteiger partial charge in [-0.05, 0) is 29.7 Å². The molecule has 2 aliphatic rings. The number of methoxy groups -OCH3 is 2. The largest absolute Gasteiger partial charge is 0.384 e. The zero-order chi connectivity index (χ0) is 17.0. The van der Waals surface area contributed by atoms with Crippen molar-refractivity contribution in [2.45, 2.75) is 12.8 Å². The van der Waals surface area contributed by atoms with Gasteiger partial charge in [-0.25, -0.2) is 0 Å². The molecule has 1 amide bonds. The lowest BCUT2D eigenvalue weighted by Gasteiger charge is -2.42. The van der Waals surface area contributed by atoms with Crippen molar-refractivity contribution in [2.75, 3.05) is 60.2 Å². The molecule has 0 radical (unpaired) electrons. The van der Waals surface area contributed by atoms with Crippen molar-refractivity contribution in [3.63, 3.8) is 0 Å². The maximum Gasteiger partial charge on any atom is 0.254 e. The third-order valence-electron chi connectivity index (χ3n) is 5.68. The van der Waals surface area contributed by atoms with Gasteiger partial charge in [0.2, 0.25) is 0 Å². The summed E-state index contributed by atoms with van der Waals surface area (Å²) in [6.45, 7) is 6.46. The number of nitrogens with zero attached hydrogens (tertiary/aromatic N) is 2. The first-order chi connectivity index (χ1) is 11.7. The molecule has 0 aliphatic carbocycles. The number of likely N-dealkylation sites (tertiary alicyclic amines) is 2. The summed E-state index contributed by atoms with van der Waals surface area (Å²) >= 11 is 1.58. The van der Waals surface area contributed by atoms with Crippen molar-refractivity contribution < 1.29 is 14.3 Å². The number of thiophene rings is 1. The van der Waals surface area contributed by atoms with E-state index in [9.17, 15) is 4.79 Å². The highest BCUT2D eigenvalue weighted by Crippen LogP contribution is 2.44. The van der Waals surface area contributed by atoms with E-state index in [4.69, 9.17) is 9.47 Å². The van der Waals surface area contributed by atoms with Crippen molar-refractivity contribution in [3.05, 3.63) is 22.4 Å². The van der Waals surface area contributed by atoms with Crippen LogP contribution in [0.15, 0.2) is 16.8 Å². The summed E-state index contributed by atoms with van der Waals surface area (Å²) in [5.74, 6) is 0.737. The first-order valence-electron chi connectivity index (χ1n) is 8.70. The Labute approximate surface area is 148 Å². The number of rotatable bonds is 6. The molecule has 1 aromatic heterocycles. The highest BCUT2D eigenvalue weighted by molar-refractivity contribution is 7.08. The number of ether oxygens (including phenoxy) is 2. The molecular weight excluding hydrogens is 324 g/mol. The lowest BCUT2D eigenvalue weighted by atomic mass is 9.71. The van der Waals surface area contributed by atoms with Gasteiger partial charge in [-0.3, -0.25) is 4.79 Å². The number of hydrogen-bond acceptors (Lipinski definition) is 5. The van der Waals surface area contributed by atoms with Crippen LogP contribution in [0.2, 0.25) is 0 Å². The van der Waals surface area contributed by atoms with Gasteiger partial charge in [-0.1, -0.05) is 0 Å². The van der Waals surface area contributed by atoms with Crippen LogP contribution in [0.1, 0.15) is 23.2 Å². The number of carbonyl (C=O) groups is 1. The Morgan fingerprint density at radius 2 is 2.12 bits per heavy atom. The van der Waals surface area contributed by atoms with Crippen molar-refractivity contribution in [2.24, 2.45) is 11.3 Å². The second kappa shape index (κ2) is 7.95. The Balaban J connectivity index is 1.62. The van der Waals surface area contributed by atoms with Crippen LogP contribution in [0, 0.1) is 11.3 Å². The van der Waals surface area contributed by atoms with Crippen molar-refractivity contribution in [3.8, 4) is 0 Å². The molecule has 2 saturated heterocycles. The summed E-state index contributed by atoms with van der Waals surface area (Å²) in [4.78, 5) is 17.1. The van der Waals surface area contributed by atoms with Crippen molar-refractivity contribution in [1.29, 1.82) is 0 Å². The van der Waals surface area contributed by atoms with Crippen LogP contribution in [-0.4, -0.2) is 75.9 Å². The Morgan fingerprint density at radius 3 is 2.75 bits per heavy atom. The number of amides is 1. The van der Waals surface area contributed by atoms with E-state index >= 15 is 0 Å². The van der Waals surface area contributed by atoms with E-state index in [0.29, 0.717) is 5.92 Å². The third kappa shape index (κ3) is 3.67. The predicted molar refractivity (Wildman–Crippen MR) is 95.6 cm³/mol. The second-order valence-electron chi connectivity index (χ2n) is 7.05. The van der Waals surface area contributed by atoms with E-state index < -0.39 is 0 Å². The van der Waals surface area contributed by atoms with Gasteiger partial charge in [0.1, 0.15) is 0 Å². The average molecular weight is 353 g/mol. The fourth-order valence-corrected chi connectivity index (χ4v) is 4.89. The molecule has 0 aromatic carbocycles. The number of hydrogen-bond donors (Lipinski definition) is 0. The average Bonchev–Trinajstić information content (AvgIpc) is 3.23. The lowest BCUT2D eigenvalue weighted by molar-refractivity contribution is 0.0321. The molecule has 2 aliphatic heterocycles. The van der Waals surface area contributed by atoms with Gasteiger partial charge < -0.3 is 19.3 Å². The Morgan fingerprint density at radius 1 is 1.33 bits per heavy atom. The molecule has 1 atom stereocenters. The smallest absolute Gasteiger partial charge is 0.254 e. The van der Waals surface area contributed by atoms with Crippen LogP contribution in [0.5, 0.6) is 0 Å². The Bertz CT molecular complexity index is 526. The van der Waals surface area contributed by atoms with Crippen LogP contribution < -0.4 is 0 Å². The van der Waals surface area contributed by atoms with Gasteiger partial charge in [0.15, 0.2) is 0 Å². The summed E-state index contributed by atoms with van der Waals surface area (Å²) < 4.78 is 10.7. The highest BCUT2D eigenvalue weighted by Gasteiger charge is 2.48. The third-order valence-corrected chi connectivity index (χ3v) is 6.36. The minimum absolute atomic E-state index is 0.184. The molecule has 0 N–H and O–H groups in total. The second-order valence-corrected chi connectivity index (χ2v) is 7.83. The normalized spacial score (nSPS) is 23.9. The molecule has 3 heterocycles. The van der Waals surface area contributed by atoms with Gasteiger partial charge in [0.25, 0.3) is 5.91 Å². The first-order valence-corrected chi connectivity index (χ1v) is 9.64. The zero-order valence-electron chi connectivity index (χ0n) is 14.7. The molecular formula is C18H28N2O3S. The van der Waals surface area contributed by atoms with Crippen LogP contribution in [0.25, 0.3) is 0 Å². The van der Waals surface area contributed by atoms with Crippen LogP contribution in [0.4, 0.5) is 0 Å². The molecule has 2 fully saturated rings. The number of piperidine rings is 1. The van der Waals surface area contributed by atoms with Crippen molar-refractivity contribution >= 4 is 17.2 Å². The van der Waals surface area contributed by atoms with Crippen LogP contribution in [0.3, 0.4) is 0 Å². The summed E-state index contributed by atoms with van der Waals surface area (Å²) in [5.41, 5.74) is 1.12. The first kappa shape index (κ1) is 17.9. The lowest BCUT2D eigenvalue weighted by Crippen LogP contribution is -2.47. The number of carbonyl (C=O) groups excluding carboxylic acids is 1. The molecule has 5 nitrogen and oxygen atoms in total. The molecule has 1 spiro atoms. The summed E-state index contributed by atoms with van der Waals surface area (Å²) in [5, 5.41) is 3.92. The summed E-state index contributed by atoms with van der Waals surface area (Å²) in [6, 6.07) is 1.92. The quantitative estimate of drug-likeness (QED) is 0.787. The zero-order valence-corrected chi connectivity index (χ0v) is 15.5. The minimum Gasteiger partial charge on any atom is -0.384 e. The fraction of sp³-hybridized carbons (Fsp3) is 0.722. The van der Waals surface area contributed by atoms with Gasteiger partial charge in [0, 0.05) is 58.2 Å². The van der Waals surface area contributed by atoms with E-state index in [1.165, 1.54) is 0 Å². The standard InChI is InChI=1S/C18H28N2O3S/c1-22-9-8-19-11-16(12-23-2)18(14-19)4-6-20(7-5-18)17(21)15-3-10-24-13-15/h3,10,13,16H,4-9,11-12,14H2,1-2H3/t16-/m1/s1. The predicted octanol–water partition coefficient (Wildman–Crippen LogP) is 2.20. The van der Waals surface area contributed by atoms with E-state index in [1.807, 2.05) is 21.7 Å². The topological polar surface area (TPSA) is 42.0 Å². The molecule has 0 unspecified atom stereocenters. The van der Waals surface area contributed by atoms with Crippen LogP contribution >= 0.6 is 11.3 Å². The van der Waals surface area contributed by atoms with E-state index in [-0.39, 0.29) is 11.3 Å². The van der Waals surface area contributed by atoms with Gasteiger partial charge in [-0.2, -0.15) is 11.3 Å². The van der Waals surface area contributed by atoms with Gasteiger partial charge in [0.05, 0.1) is 18.8 Å².